The SMILES string of the molecule is COc1cccc(N2C(=O)[C@H]3[C@@H](ON(c4ccccc4)[C@H]3c3ccc(F)cc3)C2=O)c1. The highest BCUT2D eigenvalue weighted by atomic mass is 19.1. The number of carbonyl (C=O) groups is 2. The standard InChI is InChI=1S/C24H19FN2O4/c1-30-19-9-5-8-18(14-19)26-23(28)20-21(15-10-12-16(25)13-11-15)27(31-22(20)24(26)29)17-6-3-2-4-7-17/h2-14,20-22H,1H3/t20-,21+,22-/m1/s1. The molecule has 0 spiro atoms. The smallest absolute Gasteiger partial charge is 0.266 e. The van der Waals surface area contributed by atoms with Crippen LogP contribution in [0.1, 0.15) is 11.6 Å². The van der Waals surface area contributed by atoms with E-state index in [1.54, 1.807) is 41.5 Å². The molecule has 3 aromatic rings. The number of methoxy groups -OCH3 is 1. The molecule has 3 atom stereocenters. The molecule has 0 N–H and O–H groups in total. The molecule has 156 valence electrons. The Morgan fingerprint density at radius 1 is 0.871 bits per heavy atom. The summed E-state index contributed by atoms with van der Waals surface area (Å²) in [6, 6.07) is 21.4. The number of ether oxygens (including phenoxy) is 1. The van der Waals surface area contributed by atoms with E-state index in [9.17, 15) is 14.0 Å². The summed E-state index contributed by atoms with van der Waals surface area (Å²) < 4.78 is 18.8. The van der Waals surface area contributed by atoms with Gasteiger partial charge in [-0.15, -0.1) is 0 Å². The topological polar surface area (TPSA) is 59.1 Å². The van der Waals surface area contributed by atoms with E-state index in [1.165, 1.54) is 19.2 Å². The van der Waals surface area contributed by atoms with Crippen LogP contribution >= 0.6 is 0 Å². The summed E-state index contributed by atoms with van der Waals surface area (Å²) in [5.41, 5.74) is 1.82. The molecule has 3 aromatic carbocycles. The third-order valence-electron chi connectivity index (χ3n) is 5.65. The molecule has 2 saturated heterocycles. The highest BCUT2D eigenvalue weighted by molar-refractivity contribution is 6.24. The van der Waals surface area contributed by atoms with Gasteiger partial charge in [0.1, 0.15) is 17.5 Å². The van der Waals surface area contributed by atoms with Gasteiger partial charge in [0.2, 0.25) is 5.91 Å². The zero-order chi connectivity index (χ0) is 21.5. The number of fused-ring (bicyclic) bond motifs is 1. The minimum Gasteiger partial charge on any atom is -0.497 e. The van der Waals surface area contributed by atoms with Gasteiger partial charge in [0, 0.05) is 6.07 Å². The van der Waals surface area contributed by atoms with Crippen LogP contribution in [-0.2, 0) is 14.4 Å². The fourth-order valence-electron chi connectivity index (χ4n) is 4.22. The largest absolute Gasteiger partial charge is 0.497 e. The van der Waals surface area contributed by atoms with Crippen molar-refractivity contribution in [2.24, 2.45) is 5.92 Å². The lowest BCUT2D eigenvalue weighted by molar-refractivity contribution is -0.126. The van der Waals surface area contributed by atoms with Crippen LogP contribution in [0.25, 0.3) is 0 Å². The number of benzene rings is 3. The molecular weight excluding hydrogens is 399 g/mol. The zero-order valence-electron chi connectivity index (χ0n) is 16.6. The van der Waals surface area contributed by atoms with Crippen LogP contribution in [0.2, 0.25) is 0 Å². The van der Waals surface area contributed by atoms with Crippen molar-refractivity contribution < 1.29 is 23.6 Å². The predicted molar refractivity (Wildman–Crippen MR) is 112 cm³/mol. The lowest BCUT2D eigenvalue weighted by atomic mass is 9.90. The zero-order valence-corrected chi connectivity index (χ0v) is 16.6. The molecule has 0 saturated carbocycles. The van der Waals surface area contributed by atoms with Crippen molar-refractivity contribution in [3.05, 3.63) is 90.2 Å². The molecule has 5 rings (SSSR count). The second-order valence-electron chi connectivity index (χ2n) is 7.42. The Labute approximate surface area is 178 Å². The molecule has 0 aliphatic carbocycles. The number of halogens is 1. The summed E-state index contributed by atoms with van der Waals surface area (Å²) in [6.07, 6.45) is -0.978. The molecular formula is C24H19FN2O4. The van der Waals surface area contributed by atoms with E-state index in [0.717, 1.165) is 4.90 Å². The Balaban J connectivity index is 1.57. The van der Waals surface area contributed by atoms with E-state index >= 15 is 0 Å². The molecule has 0 unspecified atom stereocenters. The van der Waals surface area contributed by atoms with Crippen LogP contribution in [0.15, 0.2) is 78.9 Å². The molecule has 2 aliphatic rings. The van der Waals surface area contributed by atoms with Crippen molar-refractivity contribution in [1.29, 1.82) is 0 Å². The van der Waals surface area contributed by atoms with E-state index in [0.29, 0.717) is 22.7 Å². The van der Waals surface area contributed by atoms with Gasteiger partial charge in [-0.05, 0) is 42.0 Å². The van der Waals surface area contributed by atoms with Crippen LogP contribution < -0.4 is 14.7 Å². The molecule has 2 aliphatic heterocycles. The van der Waals surface area contributed by atoms with Gasteiger partial charge >= 0.3 is 0 Å². The average molecular weight is 418 g/mol. The molecule has 2 fully saturated rings. The van der Waals surface area contributed by atoms with Crippen LogP contribution in [-0.4, -0.2) is 25.0 Å². The van der Waals surface area contributed by atoms with Gasteiger partial charge in [-0.1, -0.05) is 36.4 Å². The van der Waals surface area contributed by atoms with Gasteiger partial charge in [0.05, 0.1) is 24.5 Å². The van der Waals surface area contributed by atoms with E-state index in [1.807, 2.05) is 30.3 Å². The minimum atomic E-state index is -0.978. The number of rotatable bonds is 4. The van der Waals surface area contributed by atoms with Gasteiger partial charge in [0.15, 0.2) is 6.10 Å². The van der Waals surface area contributed by atoms with Crippen molar-refractivity contribution in [2.45, 2.75) is 12.1 Å². The third kappa shape index (κ3) is 3.14. The number of amides is 2. The first-order valence-electron chi connectivity index (χ1n) is 9.87. The van der Waals surface area contributed by atoms with Gasteiger partial charge < -0.3 is 4.74 Å². The van der Waals surface area contributed by atoms with E-state index in [2.05, 4.69) is 0 Å². The number of hydrogen-bond acceptors (Lipinski definition) is 5. The maximum absolute atomic E-state index is 13.6. The third-order valence-corrected chi connectivity index (χ3v) is 5.65. The molecule has 31 heavy (non-hydrogen) atoms. The summed E-state index contributed by atoms with van der Waals surface area (Å²) in [5.74, 6) is -1.41. The quantitative estimate of drug-likeness (QED) is 0.602. The van der Waals surface area contributed by atoms with Gasteiger partial charge in [-0.25, -0.2) is 14.4 Å². The molecule has 0 aromatic heterocycles. The Hall–Kier alpha value is -3.71. The molecule has 7 heteroatoms. The van der Waals surface area contributed by atoms with Crippen molar-refractivity contribution in [1.82, 2.24) is 0 Å². The van der Waals surface area contributed by atoms with Crippen LogP contribution in [0.3, 0.4) is 0 Å². The highest BCUT2D eigenvalue weighted by Gasteiger charge is 2.60. The fourth-order valence-corrected chi connectivity index (χ4v) is 4.22. The Bertz CT molecular complexity index is 1140. The Kier molecular flexibility index (Phi) is 4.67. The summed E-state index contributed by atoms with van der Waals surface area (Å²) in [4.78, 5) is 34.0. The van der Waals surface area contributed by atoms with Crippen molar-refractivity contribution >= 4 is 23.2 Å². The maximum atomic E-state index is 13.6. The minimum absolute atomic E-state index is 0.365. The van der Waals surface area contributed by atoms with E-state index in [-0.39, 0.29) is 11.7 Å². The van der Waals surface area contributed by atoms with Crippen LogP contribution in [0, 0.1) is 11.7 Å². The number of carbonyl (C=O) groups excluding carboxylic acids is 2. The van der Waals surface area contributed by atoms with Gasteiger partial charge in [-0.3, -0.25) is 14.4 Å². The van der Waals surface area contributed by atoms with Crippen molar-refractivity contribution in [3.8, 4) is 5.75 Å². The maximum Gasteiger partial charge on any atom is 0.266 e. The highest BCUT2D eigenvalue weighted by Crippen LogP contribution is 2.47. The van der Waals surface area contributed by atoms with E-state index in [4.69, 9.17) is 9.57 Å². The first-order chi connectivity index (χ1) is 15.1. The van der Waals surface area contributed by atoms with Gasteiger partial charge in [0.25, 0.3) is 5.91 Å². The second-order valence-corrected chi connectivity index (χ2v) is 7.42. The monoisotopic (exact) mass is 418 g/mol. The molecule has 6 nitrogen and oxygen atoms in total. The molecule has 0 radical (unpaired) electrons. The number of anilines is 2. The van der Waals surface area contributed by atoms with Gasteiger partial charge in [-0.2, -0.15) is 0 Å². The number of imide groups is 1. The fraction of sp³-hybridized carbons (Fsp3) is 0.167. The Morgan fingerprint density at radius 2 is 1.58 bits per heavy atom. The first kappa shape index (κ1) is 19.3. The number of para-hydroxylation sites is 1. The first-order valence-corrected chi connectivity index (χ1v) is 9.87. The van der Waals surface area contributed by atoms with E-state index < -0.39 is 24.0 Å². The number of hydrogen-bond donors (Lipinski definition) is 0. The summed E-state index contributed by atoms with van der Waals surface area (Å²) in [7, 11) is 1.52. The summed E-state index contributed by atoms with van der Waals surface area (Å²) >= 11 is 0. The van der Waals surface area contributed by atoms with Crippen LogP contribution in [0.5, 0.6) is 5.75 Å². The number of nitrogens with zero attached hydrogens (tertiary/aromatic N) is 2. The predicted octanol–water partition coefficient (Wildman–Crippen LogP) is 3.89. The molecule has 2 heterocycles. The van der Waals surface area contributed by atoms with Crippen molar-refractivity contribution in [3.63, 3.8) is 0 Å². The summed E-state index contributed by atoms with van der Waals surface area (Å²) in [5, 5.41) is 1.58. The van der Waals surface area contributed by atoms with Crippen LogP contribution in [0.4, 0.5) is 15.8 Å². The average Bonchev–Trinajstić information content (AvgIpc) is 3.31. The molecule has 0 bridgehead atoms. The second kappa shape index (κ2) is 7.52. The number of hydroxylamine groups is 1. The Morgan fingerprint density at radius 3 is 2.29 bits per heavy atom. The summed E-state index contributed by atoms with van der Waals surface area (Å²) in [6.45, 7) is 0. The lowest BCUT2D eigenvalue weighted by Gasteiger charge is -2.28. The normalized spacial score (nSPS) is 22.7. The molecule has 2 amide bonds. The lowest BCUT2D eigenvalue weighted by Crippen LogP contribution is -2.37. The van der Waals surface area contributed by atoms with Crippen molar-refractivity contribution in [2.75, 3.05) is 17.1 Å².